The van der Waals surface area contributed by atoms with E-state index in [1.807, 2.05) is 33.3 Å². The summed E-state index contributed by atoms with van der Waals surface area (Å²) in [6, 6.07) is 4.10. The molecule has 0 aliphatic carbocycles. The van der Waals surface area contributed by atoms with Crippen LogP contribution in [0.1, 0.15) is 16.9 Å². The number of hydrogen-bond acceptors (Lipinski definition) is 4. The lowest BCUT2D eigenvalue weighted by Gasteiger charge is -2.21. The van der Waals surface area contributed by atoms with Crippen LogP contribution in [0.2, 0.25) is 0 Å². The Labute approximate surface area is 122 Å². The number of halogens is 1. The Hall–Kier alpha value is -1.33. The van der Waals surface area contributed by atoms with Crippen molar-refractivity contribution in [2.24, 2.45) is 0 Å². The van der Waals surface area contributed by atoms with Gasteiger partial charge in [0.25, 0.3) is 0 Å². The van der Waals surface area contributed by atoms with E-state index in [-0.39, 0.29) is 0 Å². The molecule has 0 radical (unpaired) electrons. The van der Waals surface area contributed by atoms with Crippen LogP contribution in [0.5, 0.6) is 0 Å². The van der Waals surface area contributed by atoms with Crippen molar-refractivity contribution in [2.75, 3.05) is 19.0 Å². The SMILES string of the molecule is CNCc1cc(Br)cnc1N(C)Cc1ccoc1C. The van der Waals surface area contributed by atoms with Gasteiger partial charge in [0.15, 0.2) is 0 Å². The molecule has 102 valence electrons. The maximum atomic E-state index is 5.33. The standard InChI is InChI=1S/C14H18BrN3O/c1-10-11(4-5-19-10)9-18(3)14-12(7-16-2)6-13(15)8-17-14/h4-6,8,16H,7,9H2,1-3H3. The molecule has 2 heterocycles. The summed E-state index contributed by atoms with van der Waals surface area (Å²) in [5.41, 5.74) is 2.35. The van der Waals surface area contributed by atoms with E-state index in [2.05, 4.69) is 37.2 Å². The predicted octanol–water partition coefficient (Wildman–Crippen LogP) is 3.10. The van der Waals surface area contributed by atoms with Gasteiger partial charge in [-0.2, -0.15) is 0 Å². The Morgan fingerprint density at radius 3 is 2.84 bits per heavy atom. The molecule has 1 N–H and O–H groups in total. The molecule has 0 amide bonds. The van der Waals surface area contributed by atoms with Gasteiger partial charge < -0.3 is 14.6 Å². The number of aryl methyl sites for hydroxylation is 1. The van der Waals surface area contributed by atoms with Crippen molar-refractivity contribution in [1.82, 2.24) is 10.3 Å². The Balaban J connectivity index is 2.23. The molecule has 0 unspecified atom stereocenters. The zero-order chi connectivity index (χ0) is 13.8. The fourth-order valence-corrected chi connectivity index (χ4v) is 2.42. The quantitative estimate of drug-likeness (QED) is 0.918. The first kappa shape index (κ1) is 14.1. The molecule has 0 aromatic carbocycles. The molecule has 0 bridgehead atoms. The lowest BCUT2D eigenvalue weighted by molar-refractivity contribution is 0.529. The van der Waals surface area contributed by atoms with Crippen LogP contribution in [0.3, 0.4) is 0 Å². The van der Waals surface area contributed by atoms with E-state index < -0.39 is 0 Å². The zero-order valence-electron chi connectivity index (χ0n) is 11.4. The van der Waals surface area contributed by atoms with Gasteiger partial charge in [-0.3, -0.25) is 0 Å². The number of anilines is 1. The smallest absolute Gasteiger partial charge is 0.133 e. The van der Waals surface area contributed by atoms with Gasteiger partial charge in [0, 0.05) is 41.9 Å². The summed E-state index contributed by atoms with van der Waals surface area (Å²) in [7, 11) is 3.98. The molecule has 19 heavy (non-hydrogen) atoms. The van der Waals surface area contributed by atoms with E-state index in [0.717, 1.165) is 29.1 Å². The van der Waals surface area contributed by atoms with Crippen molar-refractivity contribution < 1.29 is 4.42 Å². The third-order valence-electron chi connectivity index (χ3n) is 3.01. The van der Waals surface area contributed by atoms with Crippen molar-refractivity contribution in [1.29, 1.82) is 0 Å². The highest BCUT2D eigenvalue weighted by atomic mass is 79.9. The molecule has 0 saturated heterocycles. The topological polar surface area (TPSA) is 41.3 Å². The van der Waals surface area contributed by atoms with Crippen LogP contribution in [0.4, 0.5) is 5.82 Å². The van der Waals surface area contributed by atoms with Crippen molar-refractivity contribution in [2.45, 2.75) is 20.0 Å². The molecule has 0 atom stereocenters. The number of nitrogens with one attached hydrogen (secondary N) is 1. The Morgan fingerprint density at radius 2 is 2.21 bits per heavy atom. The van der Waals surface area contributed by atoms with Gasteiger partial charge in [-0.15, -0.1) is 0 Å². The molecule has 2 aromatic heterocycles. The Bertz CT molecular complexity index is 553. The Kier molecular flexibility index (Phi) is 4.61. The number of pyridine rings is 1. The molecule has 4 nitrogen and oxygen atoms in total. The summed E-state index contributed by atoms with van der Waals surface area (Å²) >= 11 is 3.46. The number of hydrogen-bond donors (Lipinski definition) is 1. The van der Waals surface area contributed by atoms with Gasteiger partial charge in [0.05, 0.1) is 6.26 Å². The van der Waals surface area contributed by atoms with Gasteiger partial charge >= 0.3 is 0 Å². The monoisotopic (exact) mass is 323 g/mol. The molecular weight excluding hydrogens is 306 g/mol. The van der Waals surface area contributed by atoms with Crippen LogP contribution >= 0.6 is 15.9 Å². The third-order valence-corrected chi connectivity index (χ3v) is 3.45. The van der Waals surface area contributed by atoms with Crippen molar-refractivity contribution in [3.05, 3.63) is 46.0 Å². The highest BCUT2D eigenvalue weighted by molar-refractivity contribution is 9.10. The normalized spacial score (nSPS) is 10.7. The van der Waals surface area contributed by atoms with Crippen molar-refractivity contribution in [3.63, 3.8) is 0 Å². The number of furan rings is 1. The maximum Gasteiger partial charge on any atom is 0.133 e. The molecule has 0 fully saturated rings. The summed E-state index contributed by atoms with van der Waals surface area (Å²) < 4.78 is 6.33. The lowest BCUT2D eigenvalue weighted by Crippen LogP contribution is -2.21. The van der Waals surface area contributed by atoms with Crippen molar-refractivity contribution in [3.8, 4) is 0 Å². The molecule has 2 rings (SSSR count). The lowest BCUT2D eigenvalue weighted by atomic mass is 10.2. The second kappa shape index (κ2) is 6.21. The second-order valence-electron chi connectivity index (χ2n) is 4.52. The number of nitrogens with zero attached hydrogens (tertiary/aromatic N) is 2. The third kappa shape index (κ3) is 3.36. The number of rotatable bonds is 5. The first-order chi connectivity index (χ1) is 9.11. The molecule has 0 aliphatic rings. The summed E-state index contributed by atoms with van der Waals surface area (Å²) in [6.07, 6.45) is 3.55. The van der Waals surface area contributed by atoms with Gasteiger partial charge in [0.1, 0.15) is 11.6 Å². The predicted molar refractivity (Wildman–Crippen MR) is 80.3 cm³/mol. The van der Waals surface area contributed by atoms with E-state index in [9.17, 15) is 0 Å². The average Bonchev–Trinajstić information content (AvgIpc) is 2.75. The van der Waals surface area contributed by atoms with Crippen LogP contribution in [-0.2, 0) is 13.1 Å². The Morgan fingerprint density at radius 1 is 1.42 bits per heavy atom. The molecule has 0 saturated carbocycles. The fraction of sp³-hybridized carbons (Fsp3) is 0.357. The van der Waals surface area contributed by atoms with Crippen molar-refractivity contribution >= 4 is 21.7 Å². The minimum Gasteiger partial charge on any atom is -0.469 e. The molecule has 5 heteroatoms. The van der Waals surface area contributed by atoms with Crippen LogP contribution in [0.15, 0.2) is 33.5 Å². The minimum atomic E-state index is 0.785. The molecule has 0 aliphatic heterocycles. The fourth-order valence-electron chi connectivity index (χ4n) is 2.04. The van der Waals surface area contributed by atoms with Gasteiger partial charge in [-0.05, 0) is 42.0 Å². The first-order valence-electron chi connectivity index (χ1n) is 6.15. The van der Waals surface area contributed by atoms with E-state index >= 15 is 0 Å². The maximum absolute atomic E-state index is 5.33. The highest BCUT2D eigenvalue weighted by Gasteiger charge is 2.12. The van der Waals surface area contributed by atoms with E-state index in [0.29, 0.717) is 0 Å². The largest absolute Gasteiger partial charge is 0.469 e. The van der Waals surface area contributed by atoms with E-state index in [1.165, 1.54) is 11.1 Å². The van der Waals surface area contributed by atoms with E-state index in [4.69, 9.17) is 4.42 Å². The molecule has 0 spiro atoms. The summed E-state index contributed by atoms with van der Waals surface area (Å²) in [6.45, 7) is 3.55. The average molecular weight is 324 g/mol. The van der Waals surface area contributed by atoms with Gasteiger partial charge in [-0.25, -0.2) is 4.98 Å². The molecular formula is C14H18BrN3O. The second-order valence-corrected chi connectivity index (χ2v) is 5.44. The molecule has 2 aromatic rings. The summed E-state index contributed by atoms with van der Waals surface area (Å²) in [5.74, 6) is 1.94. The summed E-state index contributed by atoms with van der Waals surface area (Å²) in [5, 5.41) is 3.17. The first-order valence-corrected chi connectivity index (χ1v) is 6.94. The van der Waals surface area contributed by atoms with Gasteiger partial charge in [0.2, 0.25) is 0 Å². The van der Waals surface area contributed by atoms with Crippen LogP contribution in [0.25, 0.3) is 0 Å². The van der Waals surface area contributed by atoms with E-state index in [1.54, 1.807) is 6.26 Å². The zero-order valence-corrected chi connectivity index (χ0v) is 13.0. The number of aromatic nitrogens is 1. The van der Waals surface area contributed by atoms with Gasteiger partial charge in [-0.1, -0.05) is 0 Å². The van der Waals surface area contributed by atoms with Crippen LogP contribution in [0, 0.1) is 6.92 Å². The minimum absolute atomic E-state index is 0.785. The van der Waals surface area contributed by atoms with Crippen LogP contribution in [-0.4, -0.2) is 19.1 Å². The van der Waals surface area contributed by atoms with Crippen LogP contribution < -0.4 is 10.2 Å². The highest BCUT2D eigenvalue weighted by Crippen LogP contribution is 2.23. The summed E-state index contributed by atoms with van der Waals surface area (Å²) in [4.78, 5) is 6.65.